The number of aliphatic hydroxyl groups excluding tert-OH is 1. The van der Waals surface area contributed by atoms with E-state index >= 15 is 0 Å². The first-order valence-corrected chi connectivity index (χ1v) is 17.1. The topological polar surface area (TPSA) is 176 Å². The van der Waals surface area contributed by atoms with Gasteiger partial charge in [-0.1, -0.05) is 102 Å². The van der Waals surface area contributed by atoms with Crippen LogP contribution in [0.1, 0.15) is 59.1 Å². The van der Waals surface area contributed by atoms with Crippen molar-refractivity contribution in [2.75, 3.05) is 27.8 Å². The Bertz CT molecular complexity index is 1560. The number of benzene rings is 2. The van der Waals surface area contributed by atoms with E-state index in [1.807, 2.05) is 114 Å². The summed E-state index contributed by atoms with van der Waals surface area (Å²) in [5.74, 6) is -0.593. The number of ether oxygens (including phenoxy) is 2. The van der Waals surface area contributed by atoms with E-state index in [1.165, 1.54) is 26.2 Å². The summed E-state index contributed by atoms with van der Waals surface area (Å²) in [7, 11) is 4.02. The smallest absolute Gasteiger partial charge is 0.409 e. The van der Waals surface area contributed by atoms with Crippen molar-refractivity contribution in [3.63, 3.8) is 0 Å². The van der Waals surface area contributed by atoms with E-state index in [0.717, 1.165) is 22.4 Å². The van der Waals surface area contributed by atoms with Crippen molar-refractivity contribution in [1.82, 2.24) is 25.6 Å². The summed E-state index contributed by atoms with van der Waals surface area (Å²) in [6, 6.07) is 21.6. The molecule has 284 valence electrons. The zero-order valence-corrected chi connectivity index (χ0v) is 31.9. The van der Waals surface area contributed by atoms with Crippen LogP contribution in [0.3, 0.4) is 0 Å². The number of carbonyl (C=O) groups excluding carboxylic acids is 4. The van der Waals surface area contributed by atoms with Crippen molar-refractivity contribution in [3.8, 4) is 11.3 Å². The molecular weight excluding hydrogens is 664 g/mol. The maximum Gasteiger partial charge on any atom is 0.409 e. The molecule has 0 saturated carbocycles. The normalized spacial score (nSPS) is 13.1. The maximum atomic E-state index is 13.9. The average molecular weight is 721 g/mol. The fourth-order valence-electron chi connectivity index (χ4n) is 5.55. The molecule has 3 aromatic rings. The molecule has 3 atom stereocenters. The number of amides is 4. The molecule has 1 aromatic heterocycles. The third kappa shape index (κ3) is 15.1. The summed E-state index contributed by atoms with van der Waals surface area (Å²) in [4.78, 5) is 54.5. The van der Waals surface area contributed by atoms with Crippen molar-refractivity contribution in [3.05, 3.63) is 90.1 Å². The quantitative estimate of drug-likeness (QED) is 0.178. The van der Waals surface area contributed by atoms with Crippen LogP contribution in [0, 0.1) is 10.8 Å². The van der Waals surface area contributed by atoms with Crippen LogP contribution in [-0.2, 0) is 32.0 Å². The molecule has 1 heterocycles. The highest BCUT2D eigenvalue weighted by Crippen LogP contribution is 2.25. The van der Waals surface area contributed by atoms with E-state index in [4.69, 9.17) is 4.74 Å². The minimum atomic E-state index is -1.09. The van der Waals surface area contributed by atoms with Gasteiger partial charge in [0.05, 0.1) is 32.1 Å². The zero-order chi connectivity index (χ0) is 39.1. The molecule has 0 saturated heterocycles. The first-order chi connectivity index (χ1) is 24.3. The Morgan fingerprint density at radius 3 is 1.96 bits per heavy atom. The number of likely N-dealkylation sites (N-methyl/N-ethyl adjacent to an activating group) is 1. The second-order valence-corrected chi connectivity index (χ2v) is 14.8. The number of aliphatic hydroxyl groups is 1. The van der Waals surface area contributed by atoms with Gasteiger partial charge in [0.1, 0.15) is 6.04 Å². The van der Waals surface area contributed by atoms with Gasteiger partial charge < -0.3 is 25.6 Å². The summed E-state index contributed by atoms with van der Waals surface area (Å²) < 4.78 is 8.80. The molecular formula is C39H56N6O7. The predicted octanol–water partition coefficient (Wildman–Crippen LogP) is 4.93. The maximum absolute atomic E-state index is 13.9. The third-order valence-electron chi connectivity index (χ3n) is 7.88. The molecule has 13 heteroatoms. The van der Waals surface area contributed by atoms with E-state index in [1.54, 1.807) is 11.2 Å². The average Bonchev–Trinajstić information content (AvgIpc) is 3.07. The van der Waals surface area contributed by atoms with Crippen LogP contribution in [0.5, 0.6) is 0 Å². The lowest BCUT2D eigenvalue weighted by Crippen LogP contribution is -2.59. The van der Waals surface area contributed by atoms with Crippen LogP contribution < -0.4 is 16.5 Å². The lowest BCUT2D eigenvalue weighted by Gasteiger charge is -2.38. The van der Waals surface area contributed by atoms with E-state index in [-0.39, 0.29) is 24.3 Å². The van der Waals surface area contributed by atoms with Gasteiger partial charge in [0.2, 0.25) is 11.8 Å². The Hall–Kier alpha value is -5.01. The summed E-state index contributed by atoms with van der Waals surface area (Å²) in [5.41, 5.74) is 10.2. The summed E-state index contributed by atoms with van der Waals surface area (Å²) in [6.45, 7) is 11.9. The Morgan fingerprint density at radius 2 is 1.46 bits per heavy atom. The number of nitrogens with two attached hydrogens (primary N) is 1. The monoisotopic (exact) mass is 720 g/mol. The molecule has 0 aliphatic rings. The number of carbonyl (C=O) groups is 4. The van der Waals surface area contributed by atoms with Crippen molar-refractivity contribution >= 4 is 24.0 Å². The van der Waals surface area contributed by atoms with E-state index in [9.17, 15) is 24.3 Å². The van der Waals surface area contributed by atoms with Gasteiger partial charge in [-0.3, -0.25) is 24.9 Å². The molecule has 2 aromatic carbocycles. The highest BCUT2D eigenvalue weighted by molar-refractivity contribution is 5.86. The molecule has 5 N–H and O–H groups in total. The molecule has 3 rings (SSSR count). The summed E-state index contributed by atoms with van der Waals surface area (Å²) in [5, 5.41) is 16.5. The highest BCUT2D eigenvalue weighted by Gasteiger charge is 2.39. The van der Waals surface area contributed by atoms with Crippen LogP contribution in [0.2, 0.25) is 0 Å². The number of hydrogen-bond donors (Lipinski definition) is 4. The second kappa shape index (κ2) is 20.1. The number of hydrazine groups is 1. The number of hydrogen-bond acceptors (Lipinski definition) is 9. The molecule has 0 aliphatic heterocycles. The fourth-order valence-corrected chi connectivity index (χ4v) is 5.55. The number of pyridine rings is 1. The van der Waals surface area contributed by atoms with Gasteiger partial charge in [0, 0.05) is 38.3 Å². The standard InChI is InChI=1S/C37H51N5O5.C2H5NO2/c1-36(2,3)23-32(44)40-42(24-27-17-19-28(20-18-27)29-16-12-13-21-38-29)25-31(43)30(22-26-14-10-9-11-15-26)39-34(45)33(37(4,5)6)41(7)35(46)47-8;1-5-2(3)4/h9-21,30-31,33,43H,22-25H2,1-8H3,(H,39,45)(H,40,44);1H3,(H2,3,4). The molecule has 0 spiro atoms. The molecule has 4 amide bonds. The van der Waals surface area contributed by atoms with E-state index in [0.29, 0.717) is 13.0 Å². The molecule has 0 radical (unpaired) electrons. The molecule has 0 fully saturated rings. The fraction of sp³-hybridized carbons (Fsp3) is 0.462. The van der Waals surface area contributed by atoms with Gasteiger partial charge in [0.15, 0.2) is 0 Å². The first-order valence-electron chi connectivity index (χ1n) is 17.1. The van der Waals surface area contributed by atoms with Gasteiger partial charge in [-0.05, 0) is 40.5 Å². The van der Waals surface area contributed by atoms with Crippen LogP contribution in [-0.4, -0.2) is 90.0 Å². The van der Waals surface area contributed by atoms with Crippen LogP contribution in [0.4, 0.5) is 9.59 Å². The lowest BCUT2D eigenvalue weighted by molar-refractivity contribution is -0.132. The summed E-state index contributed by atoms with van der Waals surface area (Å²) in [6.07, 6.45) is -0.109. The Balaban J connectivity index is 0.00000175. The Labute approximate surface area is 307 Å². The predicted molar refractivity (Wildman–Crippen MR) is 200 cm³/mol. The van der Waals surface area contributed by atoms with Gasteiger partial charge in [0.25, 0.3) is 0 Å². The second-order valence-electron chi connectivity index (χ2n) is 14.8. The molecule has 0 bridgehead atoms. The largest absolute Gasteiger partial charge is 0.453 e. The Kier molecular flexibility index (Phi) is 16.7. The molecule has 52 heavy (non-hydrogen) atoms. The minimum Gasteiger partial charge on any atom is -0.453 e. The van der Waals surface area contributed by atoms with Crippen molar-refractivity contribution in [1.29, 1.82) is 0 Å². The number of primary amides is 1. The van der Waals surface area contributed by atoms with Crippen molar-refractivity contribution < 1.29 is 33.8 Å². The van der Waals surface area contributed by atoms with Gasteiger partial charge in [-0.15, -0.1) is 0 Å². The van der Waals surface area contributed by atoms with Gasteiger partial charge in [-0.2, -0.15) is 0 Å². The highest BCUT2D eigenvalue weighted by atomic mass is 16.5. The number of rotatable bonds is 13. The third-order valence-corrected chi connectivity index (χ3v) is 7.88. The van der Waals surface area contributed by atoms with Crippen LogP contribution in [0.15, 0.2) is 79.0 Å². The molecule has 3 unspecified atom stereocenters. The van der Waals surface area contributed by atoms with E-state index in [2.05, 4.69) is 26.2 Å². The minimum absolute atomic E-state index is 0.0304. The van der Waals surface area contributed by atoms with Crippen molar-refractivity contribution in [2.45, 2.75) is 79.1 Å². The number of methoxy groups -OCH3 is 2. The first kappa shape index (κ1) is 43.2. The number of aromatic nitrogens is 1. The zero-order valence-electron chi connectivity index (χ0n) is 31.9. The number of nitrogens with one attached hydrogen (secondary N) is 2. The Morgan fingerprint density at radius 1 is 0.865 bits per heavy atom. The lowest BCUT2D eigenvalue weighted by atomic mass is 9.85. The SMILES string of the molecule is COC(=O)N(C)C(C(=O)NC(Cc1ccccc1)C(O)CN(Cc1ccc(-c2ccccn2)cc1)NC(=O)CC(C)(C)C)C(C)(C)C.COC(N)=O. The number of nitrogens with zero attached hydrogens (tertiary/aromatic N) is 3. The van der Waals surface area contributed by atoms with Gasteiger partial charge in [-0.25, -0.2) is 14.6 Å². The van der Waals surface area contributed by atoms with Crippen LogP contribution in [0.25, 0.3) is 11.3 Å². The molecule has 13 nitrogen and oxygen atoms in total. The van der Waals surface area contributed by atoms with Gasteiger partial charge >= 0.3 is 12.2 Å². The van der Waals surface area contributed by atoms with E-state index < -0.39 is 41.7 Å². The van der Waals surface area contributed by atoms with Crippen LogP contribution >= 0.6 is 0 Å². The van der Waals surface area contributed by atoms with Crippen molar-refractivity contribution in [2.24, 2.45) is 16.6 Å². The molecule has 0 aliphatic carbocycles. The summed E-state index contributed by atoms with van der Waals surface area (Å²) >= 11 is 0.